The van der Waals surface area contributed by atoms with Gasteiger partial charge in [0.25, 0.3) is 5.91 Å². The summed E-state index contributed by atoms with van der Waals surface area (Å²) in [7, 11) is 1.72. The van der Waals surface area contributed by atoms with E-state index in [4.69, 9.17) is 0 Å². The van der Waals surface area contributed by atoms with E-state index in [9.17, 15) is 39.0 Å². The van der Waals surface area contributed by atoms with Crippen molar-refractivity contribution in [2.45, 2.75) is 76.5 Å². The number of aliphatic carboxylic acids is 2. The van der Waals surface area contributed by atoms with E-state index in [0.717, 1.165) is 12.8 Å². The van der Waals surface area contributed by atoms with Crippen LogP contribution in [-0.4, -0.2) is 97.4 Å². The summed E-state index contributed by atoms with van der Waals surface area (Å²) in [5.41, 5.74) is -0.493. The monoisotopic (exact) mass is 559 g/mol. The normalized spacial score (nSPS) is 24.6. The molecule has 3 aliphatic rings. The lowest BCUT2D eigenvalue weighted by Gasteiger charge is -2.31. The van der Waals surface area contributed by atoms with Gasteiger partial charge in [-0.2, -0.15) is 0 Å². The van der Waals surface area contributed by atoms with Gasteiger partial charge in [-0.3, -0.25) is 19.2 Å². The third-order valence-electron chi connectivity index (χ3n) is 7.92. The van der Waals surface area contributed by atoms with Gasteiger partial charge in [0.2, 0.25) is 17.7 Å². The van der Waals surface area contributed by atoms with Crippen LogP contribution < -0.4 is 10.6 Å². The highest BCUT2D eigenvalue weighted by atomic mass is 16.4. The minimum Gasteiger partial charge on any atom is -0.480 e. The van der Waals surface area contributed by atoms with E-state index in [2.05, 4.69) is 10.6 Å². The van der Waals surface area contributed by atoms with E-state index in [1.54, 1.807) is 43.8 Å². The molecular formula is C27H37N5O8. The number of likely N-dealkylation sites (tertiary alicyclic amines) is 2. The van der Waals surface area contributed by atoms with Crippen LogP contribution in [0.5, 0.6) is 0 Å². The molecule has 1 aromatic rings. The maximum atomic E-state index is 13.3. The molecule has 4 rings (SSSR count). The predicted molar refractivity (Wildman–Crippen MR) is 140 cm³/mol. The fourth-order valence-electron chi connectivity index (χ4n) is 5.67. The van der Waals surface area contributed by atoms with Gasteiger partial charge >= 0.3 is 11.9 Å². The van der Waals surface area contributed by atoms with Crippen molar-refractivity contribution >= 4 is 35.6 Å². The summed E-state index contributed by atoms with van der Waals surface area (Å²) >= 11 is 0. The first-order valence-electron chi connectivity index (χ1n) is 13.5. The average Bonchev–Trinajstić information content (AvgIpc) is 3.26. The number of carboxylic acid groups (broad SMARTS) is 2. The molecule has 0 radical (unpaired) electrons. The zero-order valence-corrected chi connectivity index (χ0v) is 23.0. The second-order valence-electron chi connectivity index (χ2n) is 11.9. The van der Waals surface area contributed by atoms with E-state index in [-0.39, 0.29) is 50.1 Å². The van der Waals surface area contributed by atoms with Crippen LogP contribution in [0.2, 0.25) is 0 Å². The van der Waals surface area contributed by atoms with E-state index < -0.39 is 53.3 Å². The first-order chi connectivity index (χ1) is 18.8. The van der Waals surface area contributed by atoms with Gasteiger partial charge in [0.1, 0.15) is 17.8 Å². The molecule has 3 heterocycles. The van der Waals surface area contributed by atoms with Crippen molar-refractivity contribution in [1.29, 1.82) is 0 Å². The zero-order chi connectivity index (χ0) is 29.4. The second kappa shape index (κ2) is 11.3. The lowest BCUT2D eigenvalue weighted by molar-refractivity contribution is -0.151. The highest BCUT2D eigenvalue weighted by Gasteiger charge is 2.46. The quantitative estimate of drug-likeness (QED) is 0.314. The van der Waals surface area contributed by atoms with Crippen LogP contribution in [0.1, 0.15) is 62.9 Å². The van der Waals surface area contributed by atoms with Crippen molar-refractivity contribution in [3.05, 3.63) is 24.0 Å². The van der Waals surface area contributed by atoms with E-state index in [1.165, 1.54) is 9.80 Å². The number of amides is 4. The topological polar surface area (TPSA) is 178 Å². The fraction of sp³-hybridized carbons (Fsp3) is 0.630. The summed E-state index contributed by atoms with van der Waals surface area (Å²) in [6.07, 6.45) is 3.37. The molecule has 2 saturated heterocycles. The molecule has 4 N–H and O–H groups in total. The van der Waals surface area contributed by atoms with Crippen LogP contribution >= 0.6 is 0 Å². The molecule has 0 aromatic carbocycles. The highest BCUT2D eigenvalue weighted by Crippen LogP contribution is 2.33. The Labute approximate surface area is 231 Å². The molecule has 4 amide bonds. The minimum atomic E-state index is -1.20. The Kier molecular flexibility index (Phi) is 8.22. The van der Waals surface area contributed by atoms with E-state index in [0.29, 0.717) is 12.1 Å². The Morgan fingerprint density at radius 1 is 0.950 bits per heavy atom. The van der Waals surface area contributed by atoms with Gasteiger partial charge in [0.05, 0.1) is 6.04 Å². The summed E-state index contributed by atoms with van der Waals surface area (Å²) in [6.45, 7) is 3.58. The Morgan fingerprint density at radius 2 is 1.60 bits per heavy atom. The Balaban J connectivity index is 1.36. The standard InChI is InChI=1S/C27H37N5O8/c1-27(2,12-20(33)31-10-8-17(22(31)26(39)40)29-23(35)15-6-7-15)13-21(34)32-14-16(11-19(32)25(37)38)28-24(36)18-5-4-9-30(18)3/h4-5,9,15-17,19,22H,6-8,10-14H2,1-3H3,(H,28,36)(H,29,35)(H,37,38)(H,39,40)/t16-,17-,19-,22-/m0/s1. The Morgan fingerprint density at radius 3 is 2.15 bits per heavy atom. The van der Waals surface area contributed by atoms with Crippen molar-refractivity contribution in [2.75, 3.05) is 13.1 Å². The Hall–Kier alpha value is -3.90. The van der Waals surface area contributed by atoms with Crippen LogP contribution in [0.25, 0.3) is 0 Å². The third kappa shape index (κ3) is 6.45. The number of nitrogens with zero attached hydrogens (tertiary/aromatic N) is 3. The van der Waals surface area contributed by atoms with Gasteiger partial charge in [-0.05, 0) is 36.8 Å². The molecule has 1 saturated carbocycles. The van der Waals surface area contributed by atoms with Crippen molar-refractivity contribution in [2.24, 2.45) is 18.4 Å². The SMILES string of the molecule is Cn1cccc1C(=O)N[C@H]1C[C@@H](C(=O)O)N(C(=O)CC(C)(C)CC(=O)N2CC[C@H](NC(=O)C3CC3)[C@H]2C(=O)O)C1. The molecule has 1 aromatic heterocycles. The number of hydrogen-bond acceptors (Lipinski definition) is 6. The number of hydrogen-bond donors (Lipinski definition) is 4. The van der Waals surface area contributed by atoms with Crippen molar-refractivity contribution in [3.8, 4) is 0 Å². The molecule has 0 spiro atoms. The van der Waals surface area contributed by atoms with E-state index >= 15 is 0 Å². The summed E-state index contributed by atoms with van der Waals surface area (Å²) < 4.78 is 1.64. The van der Waals surface area contributed by atoms with Gasteiger partial charge in [0, 0.05) is 57.6 Å². The molecular weight excluding hydrogens is 522 g/mol. The second-order valence-corrected chi connectivity index (χ2v) is 11.9. The number of rotatable bonds is 10. The predicted octanol–water partition coefficient (Wildman–Crippen LogP) is 0.196. The number of carbonyl (C=O) groups is 6. The number of aryl methyl sites for hydroxylation is 1. The fourth-order valence-corrected chi connectivity index (χ4v) is 5.67. The molecule has 2 aliphatic heterocycles. The third-order valence-corrected chi connectivity index (χ3v) is 7.92. The summed E-state index contributed by atoms with van der Waals surface area (Å²) in [6, 6.07) is -0.189. The smallest absolute Gasteiger partial charge is 0.328 e. The molecule has 40 heavy (non-hydrogen) atoms. The van der Waals surface area contributed by atoms with Crippen molar-refractivity contribution in [3.63, 3.8) is 0 Å². The van der Waals surface area contributed by atoms with Crippen LogP contribution in [0.3, 0.4) is 0 Å². The largest absolute Gasteiger partial charge is 0.480 e. The highest BCUT2D eigenvalue weighted by molar-refractivity contribution is 5.93. The van der Waals surface area contributed by atoms with Crippen LogP contribution in [-0.2, 0) is 31.0 Å². The molecule has 218 valence electrons. The van der Waals surface area contributed by atoms with Gasteiger partial charge in [-0.1, -0.05) is 13.8 Å². The molecule has 0 unspecified atom stereocenters. The molecule has 3 fully saturated rings. The van der Waals surface area contributed by atoms with Crippen molar-refractivity contribution in [1.82, 2.24) is 25.0 Å². The van der Waals surface area contributed by atoms with Gasteiger partial charge in [0.15, 0.2) is 0 Å². The van der Waals surface area contributed by atoms with Gasteiger partial charge in [-0.25, -0.2) is 9.59 Å². The summed E-state index contributed by atoms with van der Waals surface area (Å²) in [5.74, 6) is -3.94. The number of aromatic nitrogens is 1. The van der Waals surface area contributed by atoms with Gasteiger partial charge in [-0.15, -0.1) is 0 Å². The minimum absolute atomic E-state index is 0.0194. The number of nitrogens with one attached hydrogen (secondary N) is 2. The van der Waals surface area contributed by atoms with Crippen molar-refractivity contribution < 1.29 is 39.0 Å². The van der Waals surface area contributed by atoms with Crippen LogP contribution in [0.15, 0.2) is 18.3 Å². The first-order valence-corrected chi connectivity index (χ1v) is 13.5. The first kappa shape index (κ1) is 29.1. The molecule has 13 nitrogen and oxygen atoms in total. The number of carboxylic acids is 2. The lowest BCUT2D eigenvalue weighted by atomic mass is 9.84. The average molecular weight is 560 g/mol. The maximum absolute atomic E-state index is 13.3. The molecule has 1 aliphatic carbocycles. The summed E-state index contributed by atoms with van der Waals surface area (Å²) in [5, 5.41) is 25.1. The Bertz CT molecular complexity index is 1210. The van der Waals surface area contributed by atoms with Crippen LogP contribution in [0.4, 0.5) is 0 Å². The molecule has 13 heteroatoms. The lowest BCUT2D eigenvalue weighted by Crippen LogP contribution is -2.52. The molecule has 4 atom stereocenters. The van der Waals surface area contributed by atoms with Crippen LogP contribution in [0, 0.1) is 11.3 Å². The maximum Gasteiger partial charge on any atom is 0.328 e. The molecule has 0 bridgehead atoms. The van der Waals surface area contributed by atoms with E-state index in [1.807, 2.05) is 0 Å². The van der Waals surface area contributed by atoms with Gasteiger partial charge < -0.3 is 35.2 Å². The number of carbonyl (C=O) groups excluding carboxylic acids is 4. The zero-order valence-electron chi connectivity index (χ0n) is 23.0. The summed E-state index contributed by atoms with van der Waals surface area (Å²) in [4.78, 5) is 77.8.